The topological polar surface area (TPSA) is 60.3 Å². The van der Waals surface area contributed by atoms with Gasteiger partial charge in [0.15, 0.2) is 0 Å². The molecule has 2 heterocycles. The van der Waals surface area contributed by atoms with Gasteiger partial charge in [-0.3, -0.25) is 4.79 Å². The lowest BCUT2D eigenvalue weighted by molar-refractivity contribution is 0.0529. The van der Waals surface area contributed by atoms with Crippen LogP contribution in [0, 0.1) is 13.8 Å². The van der Waals surface area contributed by atoms with Gasteiger partial charge in [-0.1, -0.05) is 55.8 Å². The number of nitrogens with one attached hydrogen (secondary N) is 1. The number of thiophene rings is 1. The highest BCUT2D eigenvalue weighted by Crippen LogP contribution is 2.37. The number of aryl methyl sites for hydroxylation is 2. The van der Waals surface area contributed by atoms with Crippen molar-refractivity contribution in [3.05, 3.63) is 88.4 Å². The van der Waals surface area contributed by atoms with Crippen LogP contribution < -0.4 is 5.32 Å². The fourth-order valence-corrected chi connectivity index (χ4v) is 5.43. The van der Waals surface area contributed by atoms with Crippen molar-refractivity contribution in [2.45, 2.75) is 47.1 Å². The van der Waals surface area contributed by atoms with Gasteiger partial charge >= 0.3 is 5.97 Å². The van der Waals surface area contributed by atoms with E-state index >= 15 is 0 Å². The first kappa shape index (κ1) is 25.5. The minimum absolute atomic E-state index is 0.250. The molecule has 0 aliphatic carbocycles. The second kappa shape index (κ2) is 10.5. The summed E-state index contributed by atoms with van der Waals surface area (Å²) in [6.45, 7) is 14.7. The van der Waals surface area contributed by atoms with Gasteiger partial charge in [0.2, 0.25) is 0 Å². The first-order chi connectivity index (χ1) is 17.3. The minimum Gasteiger partial charge on any atom is -0.462 e. The zero-order valence-corrected chi connectivity index (χ0v) is 22.3. The lowest BCUT2D eigenvalue weighted by Crippen LogP contribution is -2.19. The van der Waals surface area contributed by atoms with Gasteiger partial charge in [0.1, 0.15) is 16.3 Å². The van der Waals surface area contributed by atoms with Crippen molar-refractivity contribution in [1.82, 2.24) is 4.57 Å². The Bertz CT molecular complexity index is 1440. The number of nitrogens with zero attached hydrogens (tertiary/aromatic N) is 1. The smallest absolute Gasteiger partial charge is 0.341 e. The molecule has 6 heteroatoms. The average Bonchev–Trinajstić information content (AvgIpc) is 3.38. The molecule has 0 saturated carbocycles. The van der Waals surface area contributed by atoms with Crippen molar-refractivity contribution >= 4 is 39.1 Å². The van der Waals surface area contributed by atoms with Crippen molar-refractivity contribution in [1.29, 1.82) is 0 Å². The summed E-state index contributed by atoms with van der Waals surface area (Å²) in [5, 5.41) is 6.45. The normalized spacial score (nSPS) is 11.2. The van der Waals surface area contributed by atoms with E-state index < -0.39 is 5.97 Å². The van der Waals surface area contributed by atoms with Crippen LogP contribution in [0.1, 0.15) is 64.2 Å². The van der Waals surface area contributed by atoms with E-state index in [1.807, 2.05) is 48.1 Å². The number of anilines is 1. The van der Waals surface area contributed by atoms with Gasteiger partial charge in [-0.25, -0.2) is 4.79 Å². The Labute approximate surface area is 216 Å². The molecule has 0 aliphatic rings. The fraction of sp³-hybridized carbons (Fsp3) is 0.267. The Hall–Kier alpha value is -3.64. The van der Waals surface area contributed by atoms with E-state index in [1.165, 1.54) is 16.9 Å². The predicted octanol–water partition coefficient (Wildman–Crippen LogP) is 7.73. The number of esters is 1. The molecule has 0 bridgehead atoms. The largest absolute Gasteiger partial charge is 0.462 e. The number of benzene rings is 2. The third kappa shape index (κ3) is 4.73. The molecule has 1 amide bonds. The monoisotopic (exact) mass is 500 g/mol. The zero-order valence-electron chi connectivity index (χ0n) is 21.5. The molecule has 0 radical (unpaired) electrons. The van der Waals surface area contributed by atoms with Gasteiger partial charge in [0.05, 0.1) is 6.61 Å². The van der Waals surface area contributed by atoms with E-state index in [1.54, 1.807) is 13.0 Å². The minimum atomic E-state index is -0.449. The van der Waals surface area contributed by atoms with Gasteiger partial charge < -0.3 is 14.6 Å². The summed E-state index contributed by atoms with van der Waals surface area (Å²) in [5.41, 5.74) is 6.83. The van der Waals surface area contributed by atoms with Crippen LogP contribution >= 0.6 is 11.3 Å². The lowest BCUT2D eigenvalue weighted by Gasteiger charge is -2.12. The Morgan fingerprint density at radius 1 is 1.14 bits per heavy atom. The lowest BCUT2D eigenvalue weighted by atomic mass is 10.0. The molecule has 1 N–H and O–H groups in total. The van der Waals surface area contributed by atoms with Gasteiger partial charge in [-0.05, 0) is 55.5 Å². The number of fused-ring (bicyclic) bond motifs is 1. The molecular formula is C30H32N2O3S. The summed E-state index contributed by atoms with van der Waals surface area (Å²) < 4.78 is 7.35. The number of carbonyl (C=O) groups is 2. The van der Waals surface area contributed by atoms with Crippen molar-refractivity contribution in [3.63, 3.8) is 0 Å². The molecule has 0 spiro atoms. The third-order valence-corrected chi connectivity index (χ3v) is 7.29. The Balaban J connectivity index is 1.80. The number of hydrogen-bond acceptors (Lipinski definition) is 4. The van der Waals surface area contributed by atoms with Crippen molar-refractivity contribution in [2.24, 2.45) is 0 Å². The quantitative estimate of drug-likeness (QED) is 0.199. The van der Waals surface area contributed by atoms with E-state index in [2.05, 4.69) is 43.9 Å². The van der Waals surface area contributed by atoms with Crippen LogP contribution in [-0.2, 0) is 11.3 Å². The molecule has 2 aromatic carbocycles. The predicted molar refractivity (Wildman–Crippen MR) is 149 cm³/mol. The molecule has 4 aromatic rings. The molecule has 2 aromatic heterocycles. The maximum atomic E-state index is 13.7. The Kier molecular flexibility index (Phi) is 7.45. The zero-order chi connectivity index (χ0) is 26.0. The number of carbonyl (C=O) groups excluding carboxylic acids is 2. The molecule has 186 valence electrons. The van der Waals surface area contributed by atoms with Crippen molar-refractivity contribution in [2.75, 3.05) is 11.9 Å². The van der Waals surface area contributed by atoms with Gasteiger partial charge in [-0.15, -0.1) is 17.9 Å². The molecule has 0 aliphatic heterocycles. The number of ether oxygens (including phenoxy) is 1. The van der Waals surface area contributed by atoms with Crippen LogP contribution in [0.3, 0.4) is 0 Å². The van der Waals surface area contributed by atoms with Gasteiger partial charge in [0, 0.05) is 28.4 Å². The maximum absolute atomic E-state index is 13.7. The molecular weight excluding hydrogens is 468 g/mol. The first-order valence-electron chi connectivity index (χ1n) is 12.2. The van der Waals surface area contributed by atoms with Crippen LogP contribution in [0.25, 0.3) is 22.0 Å². The fourth-order valence-electron chi connectivity index (χ4n) is 4.47. The molecule has 0 fully saturated rings. The standard InChI is InChI=1S/C30H32N2O3S/c1-7-15-32-25-14-13-22(18(3)4)16-23(25)20(6)27(32)28(33)31-29-26(30(34)35-8-2)24(17-36-29)21-11-9-19(5)10-12-21/h7,9-14,16-18H,1,8,15H2,2-6H3,(H,31,33). The second-order valence-corrected chi connectivity index (χ2v) is 10.1. The molecule has 0 saturated heterocycles. The van der Waals surface area contributed by atoms with Crippen LogP contribution in [-0.4, -0.2) is 23.1 Å². The van der Waals surface area contributed by atoms with E-state index in [0.717, 1.165) is 33.2 Å². The Morgan fingerprint density at radius 2 is 1.86 bits per heavy atom. The average molecular weight is 501 g/mol. The summed E-state index contributed by atoms with van der Waals surface area (Å²) in [4.78, 5) is 26.7. The SMILES string of the molecule is C=CCn1c(C(=O)Nc2scc(-c3ccc(C)cc3)c2C(=O)OCC)c(C)c2cc(C(C)C)ccc21. The summed E-state index contributed by atoms with van der Waals surface area (Å²) in [7, 11) is 0. The molecule has 5 nitrogen and oxygen atoms in total. The number of rotatable bonds is 8. The van der Waals surface area contributed by atoms with E-state index in [9.17, 15) is 9.59 Å². The summed E-state index contributed by atoms with van der Waals surface area (Å²) in [6, 6.07) is 14.3. The third-order valence-electron chi connectivity index (χ3n) is 6.39. The highest BCUT2D eigenvalue weighted by atomic mass is 32.1. The highest BCUT2D eigenvalue weighted by molar-refractivity contribution is 7.15. The van der Waals surface area contributed by atoms with Gasteiger partial charge in [0.25, 0.3) is 5.91 Å². The van der Waals surface area contributed by atoms with Crippen molar-refractivity contribution < 1.29 is 14.3 Å². The first-order valence-corrected chi connectivity index (χ1v) is 13.0. The molecule has 4 rings (SSSR count). The summed E-state index contributed by atoms with van der Waals surface area (Å²) in [5.74, 6) is -0.332. The Morgan fingerprint density at radius 3 is 2.50 bits per heavy atom. The van der Waals surface area contributed by atoms with Gasteiger partial charge in [-0.2, -0.15) is 0 Å². The molecule has 0 unspecified atom stereocenters. The number of allylic oxidation sites excluding steroid dienone is 1. The summed E-state index contributed by atoms with van der Waals surface area (Å²) in [6.07, 6.45) is 1.79. The maximum Gasteiger partial charge on any atom is 0.341 e. The van der Waals surface area contributed by atoms with Crippen LogP contribution in [0.15, 0.2) is 60.5 Å². The van der Waals surface area contributed by atoms with Crippen molar-refractivity contribution in [3.8, 4) is 11.1 Å². The van der Waals surface area contributed by atoms with E-state index in [-0.39, 0.29) is 12.5 Å². The summed E-state index contributed by atoms with van der Waals surface area (Å²) >= 11 is 1.33. The number of amides is 1. The van der Waals surface area contributed by atoms with E-state index in [0.29, 0.717) is 28.7 Å². The van der Waals surface area contributed by atoms with E-state index in [4.69, 9.17) is 4.74 Å². The second-order valence-electron chi connectivity index (χ2n) is 9.20. The number of hydrogen-bond donors (Lipinski definition) is 1. The molecule has 36 heavy (non-hydrogen) atoms. The highest BCUT2D eigenvalue weighted by Gasteiger charge is 2.26. The number of aromatic nitrogens is 1. The molecule has 0 atom stereocenters. The van der Waals surface area contributed by atoms with Crippen LogP contribution in [0.5, 0.6) is 0 Å². The van der Waals surface area contributed by atoms with Crippen LogP contribution in [0.4, 0.5) is 5.00 Å². The van der Waals surface area contributed by atoms with Crippen LogP contribution in [0.2, 0.25) is 0 Å².